The average molecular weight is 681 g/mol. The van der Waals surface area contributed by atoms with Crippen molar-refractivity contribution in [1.29, 1.82) is 0 Å². The van der Waals surface area contributed by atoms with Crippen LogP contribution in [0.25, 0.3) is 0 Å². The number of halogens is 2. The van der Waals surface area contributed by atoms with Crippen LogP contribution in [-0.4, -0.2) is 47.9 Å². The van der Waals surface area contributed by atoms with Crippen molar-refractivity contribution in [1.82, 2.24) is 0 Å². The second-order valence-corrected chi connectivity index (χ2v) is 12.0. The van der Waals surface area contributed by atoms with Crippen molar-refractivity contribution in [3.8, 4) is 0 Å². The van der Waals surface area contributed by atoms with Gasteiger partial charge in [-0.25, -0.2) is 4.79 Å². The molecule has 6 rings (SSSR count). The Morgan fingerprint density at radius 2 is 1.04 bits per heavy atom. The molecule has 5 atom stereocenters. The lowest BCUT2D eigenvalue weighted by Crippen LogP contribution is -2.72. The summed E-state index contributed by atoms with van der Waals surface area (Å²) in [5.41, 5.74) is 2.00. The number of aliphatic hydroxyl groups is 1. The van der Waals surface area contributed by atoms with Gasteiger partial charge >= 0.3 is 11.9 Å². The Morgan fingerprint density at radius 3 is 1.54 bits per heavy atom. The first-order chi connectivity index (χ1) is 24.3. The average Bonchev–Trinajstić information content (AvgIpc) is 3.17. The van der Waals surface area contributed by atoms with E-state index in [2.05, 4.69) is 0 Å². The lowest BCUT2D eigenvalue weighted by atomic mass is 9.85. The van der Waals surface area contributed by atoms with Gasteiger partial charge in [-0.3, -0.25) is 0 Å². The molecule has 5 aromatic carbocycles. The molecule has 1 saturated heterocycles. The van der Waals surface area contributed by atoms with E-state index < -0.39 is 54.3 Å². The van der Waals surface area contributed by atoms with E-state index in [1.165, 1.54) is 24.3 Å². The van der Waals surface area contributed by atoms with Crippen LogP contribution in [0.2, 0.25) is 0 Å². The topological polar surface area (TPSA) is 83.5 Å². The SMILES string of the molecule is O=C(OC[C@H]1O[C@@](O)(C(F)(F)c2ccccc2)[C@H](OCc2ccccc2)[C@@H](OCc2ccccc2)[C@@H]1OCc1ccccc1)c1ccccc1. The second-order valence-electron chi connectivity index (χ2n) is 12.0. The van der Waals surface area contributed by atoms with Crippen LogP contribution in [0.4, 0.5) is 8.78 Å². The third-order valence-corrected chi connectivity index (χ3v) is 8.52. The Kier molecular flexibility index (Phi) is 11.4. The molecule has 7 nitrogen and oxygen atoms in total. The molecule has 5 aromatic rings. The maximum absolute atomic E-state index is 16.9. The van der Waals surface area contributed by atoms with Crippen LogP contribution in [0.5, 0.6) is 0 Å². The van der Waals surface area contributed by atoms with Gasteiger partial charge < -0.3 is 28.8 Å². The molecule has 1 N–H and O–H groups in total. The van der Waals surface area contributed by atoms with Crippen LogP contribution in [0.1, 0.15) is 32.6 Å². The number of hydrogen-bond donors (Lipinski definition) is 1. The third kappa shape index (κ3) is 8.16. The summed E-state index contributed by atoms with van der Waals surface area (Å²) >= 11 is 0. The van der Waals surface area contributed by atoms with Gasteiger partial charge in [-0.05, 0) is 28.8 Å². The predicted octanol–water partition coefficient (Wildman–Crippen LogP) is 7.48. The van der Waals surface area contributed by atoms with Crippen molar-refractivity contribution < 1.29 is 42.4 Å². The maximum Gasteiger partial charge on any atom is 0.338 e. The molecule has 50 heavy (non-hydrogen) atoms. The van der Waals surface area contributed by atoms with Crippen LogP contribution in [-0.2, 0) is 49.4 Å². The Balaban J connectivity index is 1.42. The van der Waals surface area contributed by atoms with Gasteiger partial charge in [0.05, 0.1) is 25.4 Å². The minimum atomic E-state index is -4.03. The van der Waals surface area contributed by atoms with E-state index in [4.69, 9.17) is 23.7 Å². The standard InChI is InChI=1S/C41H38F2O7/c42-40(43,34-24-14-5-15-25-34)41(45)38(48-28-32-20-10-3-11-21-32)37(47-27-31-18-8-2-9-19-31)36(46-26-30-16-6-1-7-17-30)35(50-41)29-49-39(44)33-22-12-4-13-23-33/h1-25,35-38,45H,26-29H2/t35-,36-,37+,38-,41-/m1/s1. The van der Waals surface area contributed by atoms with Crippen LogP contribution >= 0.6 is 0 Å². The summed E-state index contributed by atoms with van der Waals surface area (Å²) in [6.07, 6.45) is -5.68. The number of carbonyl (C=O) groups excluding carboxylic acids is 1. The molecule has 0 spiro atoms. The molecule has 1 heterocycles. The van der Waals surface area contributed by atoms with E-state index in [0.29, 0.717) is 5.56 Å². The predicted molar refractivity (Wildman–Crippen MR) is 182 cm³/mol. The Labute approximate surface area is 290 Å². The summed E-state index contributed by atoms with van der Waals surface area (Å²) in [6.45, 7) is -0.656. The fourth-order valence-electron chi connectivity index (χ4n) is 5.91. The molecule has 0 amide bonds. The summed E-state index contributed by atoms with van der Waals surface area (Å²) in [5, 5.41) is 12.3. The zero-order chi connectivity index (χ0) is 34.8. The van der Waals surface area contributed by atoms with Crippen LogP contribution in [0.3, 0.4) is 0 Å². The summed E-state index contributed by atoms with van der Waals surface area (Å²) in [5.74, 6) is -8.03. The number of esters is 1. The first-order valence-corrected chi connectivity index (χ1v) is 16.4. The number of ether oxygens (including phenoxy) is 5. The Morgan fingerprint density at radius 1 is 0.620 bits per heavy atom. The van der Waals surface area contributed by atoms with E-state index in [-0.39, 0.29) is 25.4 Å². The van der Waals surface area contributed by atoms with Gasteiger partial charge in [0, 0.05) is 5.56 Å². The van der Waals surface area contributed by atoms with Crippen LogP contribution < -0.4 is 0 Å². The third-order valence-electron chi connectivity index (χ3n) is 8.52. The van der Waals surface area contributed by atoms with Gasteiger partial charge in [0.1, 0.15) is 31.0 Å². The summed E-state index contributed by atoms with van der Waals surface area (Å²) in [6, 6.07) is 42.6. The second kappa shape index (κ2) is 16.3. The van der Waals surface area contributed by atoms with Gasteiger partial charge in [0.2, 0.25) is 0 Å². The summed E-state index contributed by atoms with van der Waals surface area (Å²) < 4.78 is 64.6. The van der Waals surface area contributed by atoms with Gasteiger partial charge in [-0.1, -0.05) is 140 Å². The first kappa shape index (κ1) is 35.1. The Bertz CT molecular complexity index is 1760. The van der Waals surface area contributed by atoms with Crippen molar-refractivity contribution in [2.75, 3.05) is 6.61 Å². The molecule has 1 fully saturated rings. The number of hydrogen-bond acceptors (Lipinski definition) is 7. The molecule has 9 heteroatoms. The molecular formula is C41H38F2O7. The quantitative estimate of drug-likeness (QED) is 0.122. The highest BCUT2D eigenvalue weighted by atomic mass is 19.3. The fourth-order valence-corrected chi connectivity index (χ4v) is 5.91. The molecule has 0 saturated carbocycles. The minimum Gasteiger partial charge on any atom is -0.459 e. The number of benzene rings is 5. The highest BCUT2D eigenvalue weighted by Crippen LogP contribution is 2.48. The largest absolute Gasteiger partial charge is 0.459 e. The van der Waals surface area contributed by atoms with Gasteiger partial charge in [-0.2, -0.15) is 8.78 Å². The molecule has 0 unspecified atom stereocenters. The number of alkyl halides is 2. The Hall–Kier alpha value is -4.77. The summed E-state index contributed by atoms with van der Waals surface area (Å²) in [4.78, 5) is 13.1. The fraction of sp³-hybridized carbons (Fsp3) is 0.244. The van der Waals surface area contributed by atoms with Crippen molar-refractivity contribution in [2.24, 2.45) is 0 Å². The van der Waals surface area contributed by atoms with Gasteiger partial charge in [0.25, 0.3) is 5.79 Å². The van der Waals surface area contributed by atoms with Crippen molar-refractivity contribution in [3.63, 3.8) is 0 Å². The normalized spacial score (nSPS) is 22.1. The number of rotatable bonds is 14. The van der Waals surface area contributed by atoms with E-state index in [0.717, 1.165) is 11.1 Å². The number of carbonyl (C=O) groups is 1. The molecule has 1 aliphatic rings. The molecule has 258 valence electrons. The molecule has 0 aromatic heterocycles. The first-order valence-electron chi connectivity index (χ1n) is 16.4. The highest BCUT2D eigenvalue weighted by Gasteiger charge is 2.68. The van der Waals surface area contributed by atoms with E-state index in [1.807, 2.05) is 66.7 Å². The molecule has 0 aliphatic carbocycles. The molecule has 1 aliphatic heterocycles. The van der Waals surface area contributed by atoms with Gasteiger partial charge in [0.15, 0.2) is 0 Å². The minimum absolute atomic E-state index is 0.0224. The van der Waals surface area contributed by atoms with Crippen LogP contribution in [0, 0.1) is 0 Å². The van der Waals surface area contributed by atoms with E-state index in [1.54, 1.807) is 60.7 Å². The van der Waals surface area contributed by atoms with Crippen molar-refractivity contribution in [3.05, 3.63) is 179 Å². The monoisotopic (exact) mass is 680 g/mol. The highest BCUT2D eigenvalue weighted by molar-refractivity contribution is 5.89. The zero-order valence-electron chi connectivity index (χ0n) is 27.2. The van der Waals surface area contributed by atoms with Gasteiger partial charge in [-0.15, -0.1) is 0 Å². The molecule has 0 radical (unpaired) electrons. The van der Waals surface area contributed by atoms with E-state index >= 15 is 8.78 Å². The maximum atomic E-state index is 16.9. The lowest BCUT2D eigenvalue weighted by molar-refractivity contribution is -0.428. The van der Waals surface area contributed by atoms with E-state index in [9.17, 15) is 9.90 Å². The van der Waals surface area contributed by atoms with Crippen molar-refractivity contribution >= 4 is 5.97 Å². The molecule has 0 bridgehead atoms. The summed E-state index contributed by atoms with van der Waals surface area (Å²) in [7, 11) is 0. The molecular weight excluding hydrogens is 642 g/mol. The van der Waals surface area contributed by atoms with Crippen molar-refractivity contribution in [2.45, 2.75) is 55.9 Å². The lowest BCUT2D eigenvalue weighted by Gasteiger charge is -2.52. The smallest absolute Gasteiger partial charge is 0.338 e. The van der Waals surface area contributed by atoms with Crippen LogP contribution in [0.15, 0.2) is 152 Å². The zero-order valence-corrected chi connectivity index (χ0v) is 27.2.